The third kappa shape index (κ3) is 4.93. The lowest BCUT2D eigenvalue weighted by Gasteiger charge is -2.39. The quantitative estimate of drug-likeness (QED) is 0.167. The highest BCUT2D eigenvalue weighted by atomic mass is 15.2. The highest BCUT2D eigenvalue weighted by Crippen LogP contribution is 2.55. The molecular weight excluding hydrogens is 741 g/mol. The Labute approximate surface area is 353 Å². The van der Waals surface area contributed by atoms with Crippen LogP contribution < -0.4 is 4.90 Å². The fraction of sp³-hybridized carbons (Fsp3) is 0.0526. The molecule has 1 aliphatic heterocycles. The maximum Gasteiger partial charge on any atom is 0.160 e. The van der Waals surface area contributed by atoms with Crippen molar-refractivity contribution in [3.8, 4) is 28.3 Å². The van der Waals surface area contributed by atoms with Crippen molar-refractivity contribution in [2.45, 2.75) is 18.4 Å². The van der Waals surface area contributed by atoms with Crippen LogP contribution in [0.3, 0.4) is 0 Å². The maximum absolute atomic E-state index is 5.25. The maximum atomic E-state index is 5.25. The van der Waals surface area contributed by atoms with E-state index in [0.717, 1.165) is 39.2 Å². The fourth-order valence-electron chi connectivity index (χ4n) is 10.6. The number of fused-ring (bicyclic) bond motifs is 13. The Bertz CT molecular complexity index is 3670. The van der Waals surface area contributed by atoms with Gasteiger partial charge in [0.15, 0.2) is 5.82 Å². The minimum Gasteiger partial charge on any atom is -0.331 e. The van der Waals surface area contributed by atoms with Crippen molar-refractivity contribution >= 4 is 76.4 Å². The van der Waals surface area contributed by atoms with E-state index in [2.05, 4.69) is 217 Å². The summed E-state index contributed by atoms with van der Waals surface area (Å²) in [5, 5.41) is 10.9. The first-order valence-electron chi connectivity index (χ1n) is 21.1. The van der Waals surface area contributed by atoms with Gasteiger partial charge in [0.2, 0.25) is 0 Å². The molecule has 2 atom stereocenters. The second-order valence-electron chi connectivity index (χ2n) is 16.7. The summed E-state index contributed by atoms with van der Waals surface area (Å²) in [6, 6.07) is 66.1. The van der Waals surface area contributed by atoms with E-state index in [-0.39, 0.29) is 11.5 Å². The predicted molar refractivity (Wildman–Crippen MR) is 255 cm³/mol. The Hall–Kier alpha value is -7.82. The van der Waals surface area contributed by atoms with Gasteiger partial charge in [-0.2, -0.15) is 0 Å². The standard InChI is InChI=1S/C57H38N4/c1-57-31-15-14-24-50(57)49-34-48-44-22-11-13-26-52(44)60(53(48)35-54(49)61(57)38-18-6-3-7-19-38)39-28-30-42-40-20-8-9-21-41(40)46-32-37(27-29-43(46)47(42)33-39)56-58-51-25-12-10-23-45(51)55(59-56)36-16-4-2-5-17-36/h2-35,50H,1H3. The van der Waals surface area contributed by atoms with Gasteiger partial charge >= 0.3 is 0 Å². The molecule has 2 aliphatic rings. The first kappa shape index (κ1) is 34.1. The molecule has 3 heterocycles. The minimum atomic E-state index is -0.222. The number of anilines is 2. The van der Waals surface area contributed by atoms with Crippen LogP contribution >= 0.6 is 0 Å². The van der Waals surface area contributed by atoms with E-state index in [0.29, 0.717) is 0 Å². The molecule has 4 nitrogen and oxygen atoms in total. The average molecular weight is 779 g/mol. The zero-order chi connectivity index (χ0) is 40.2. The molecule has 0 saturated heterocycles. The summed E-state index contributed by atoms with van der Waals surface area (Å²) in [5.41, 5.74) is 11.1. The van der Waals surface area contributed by atoms with Gasteiger partial charge in [-0.05, 0) is 99.4 Å². The molecule has 11 aromatic rings. The van der Waals surface area contributed by atoms with Crippen LogP contribution in [0.2, 0.25) is 0 Å². The number of hydrogen-bond donors (Lipinski definition) is 0. The number of hydrogen-bond acceptors (Lipinski definition) is 3. The minimum absolute atomic E-state index is 0.222. The van der Waals surface area contributed by atoms with Gasteiger partial charge in [-0.25, -0.2) is 9.97 Å². The first-order valence-corrected chi connectivity index (χ1v) is 21.1. The molecule has 1 aliphatic carbocycles. The Morgan fingerprint density at radius 2 is 1.11 bits per heavy atom. The molecule has 9 aromatic carbocycles. The lowest BCUT2D eigenvalue weighted by atomic mass is 9.80. The van der Waals surface area contributed by atoms with Crippen LogP contribution in [0.1, 0.15) is 18.4 Å². The van der Waals surface area contributed by atoms with Crippen LogP contribution in [-0.2, 0) is 0 Å². The number of para-hydroxylation sites is 3. The third-order valence-corrected chi connectivity index (χ3v) is 13.4. The Kier molecular flexibility index (Phi) is 7.17. The first-order chi connectivity index (χ1) is 30.1. The van der Waals surface area contributed by atoms with E-state index >= 15 is 0 Å². The normalized spacial score (nSPS) is 17.0. The molecular formula is C57H38N4. The summed E-state index contributed by atoms with van der Waals surface area (Å²) in [4.78, 5) is 12.9. The summed E-state index contributed by atoms with van der Waals surface area (Å²) in [6.45, 7) is 2.37. The number of benzene rings is 9. The molecule has 0 saturated carbocycles. The van der Waals surface area contributed by atoms with Gasteiger partial charge in [-0.1, -0.05) is 152 Å². The van der Waals surface area contributed by atoms with Crippen LogP contribution in [0, 0.1) is 0 Å². The van der Waals surface area contributed by atoms with Gasteiger partial charge < -0.3 is 9.47 Å². The number of nitrogens with zero attached hydrogens (tertiary/aromatic N) is 4. The van der Waals surface area contributed by atoms with Crippen molar-refractivity contribution in [2.24, 2.45) is 0 Å². The number of aromatic nitrogens is 3. The van der Waals surface area contributed by atoms with Gasteiger partial charge in [0.25, 0.3) is 0 Å². The zero-order valence-electron chi connectivity index (χ0n) is 33.5. The molecule has 61 heavy (non-hydrogen) atoms. The Morgan fingerprint density at radius 1 is 0.459 bits per heavy atom. The predicted octanol–water partition coefficient (Wildman–Crippen LogP) is 14.6. The second kappa shape index (κ2) is 12.8. The molecule has 4 heteroatoms. The molecule has 2 aromatic heterocycles. The molecule has 286 valence electrons. The van der Waals surface area contributed by atoms with Crippen molar-refractivity contribution in [2.75, 3.05) is 4.90 Å². The lowest BCUT2D eigenvalue weighted by molar-refractivity contribution is 0.542. The monoisotopic (exact) mass is 778 g/mol. The van der Waals surface area contributed by atoms with E-state index in [1.54, 1.807) is 0 Å². The smallest absolute Gasteiger partial charge is 0.160 e. The molecule has 0 spiro atoms. The third-order valence-electron chi connectivity index (χ3n) is 13.4. The van der Waals surface area contributed by atoms with Crippen LogP contribution in [0.4, 0.5) is 11.4 Å². The summed E-state index contributed by atoms with van der Waals surface area (Å²) in [7, 11) is 0. The van der Waals surface area contributed by atoms with Crippen molar-refractivity contribution in [3.05, 3.63) is 212 Å². The van der Waals surface area contributed by atoms with E-state index in [4.69, 9.17) is 9.97 Å². The summed E-state index contributed by atoms with van der Waals surface area (Å²) < 4.78 is 2.48. The highest BCUT2D eigenvalue weighted by molar-refractivity contribution is 6.26. The lowest BCUT2D eigenvalue weighted by Crippen LogP contribution is -2.41. The van der Waals surface area contributed by atoms with Gasteiger partial charge in [0.05, 0.1) is 27.8 Å². The van der Waals surface area contributed by atoms with Crippen LogP contribution in [-0.4, -0.2) is 20.1 Å². The van der Waals surface area contributed by atoms with E-state index in [9.17, 15) is 0 Å². The van der Waals surface area contributed by atoms with Crippen LogP contribution in [0.5, 0.6) is 0 Å². The Balaban J connectivity index is 1.04. The topological polar surface area (TPSA) is 34.0 Å². The summed E-state index contributed by atoms with van der Waals surface area (Å²) in [5.74, 6) is 0.953. The molecule has 0 fully saturated rings. The van der Waals surface area contributed by atoms with Gasteiger partial charge in [-0.3, -0.25) is 0 Å². The van der Waals surface area contributed by atoms with Gasteiger partial charge in [0, 0.05) is 50.3 Å². The molecule has 0 N–H and O–H groups in total. The second-order valence-corrected chi connectivity index (χ2v) is 16.7. The van der Waals surface area contributed by atoms with E-state index < -0.39 is 0 Å². The van der Waals surface area contributed by atoms with Crippen LogP contribution in [0.15, 0.2) is 206 Å². The molecule has 13 rings (SSSR count). The van der Waals surface area contributed by atoms with Crippen molar-refractivity contribution in [1.82, 2.24) is 14.5 Å². The molecule has 0 radical (unpaired) electrons. The fourth-order valence-corrected chi connectivity index (χ4v) is 10.6. The Morgan fingerprint density at radius 3 is 1.95 bits per heavy atom. The summed E-state index contributed by atoms with van der Waals surface area (Å²) >= 11 is 0. The molecule has 0 amide bonds. The summed E-state index contributed by atoms with van der Waals surface area (Å²) in [6.07, 6.45) is 9.17. The van der Waals surface area contributed by atoms with Gasteiger partial charge in [0.1, 0.15) is 0 Å². The van der Waals surface area contributed by atoms with Crippen molar-refractivity contribution < 1.29 is 0 Å². The highest BCUT2D eigenvalue weighted by Gasteiger charge is 2.47. The van der Waals surface area contributed by atoms with Crippen molar-refractivity contribution in [1.29, 1.82) is 0 Å². The van der Waals surface area contributed by atoms with Gasteiger partial charge in [-0.15, -0.1) is 0 Å². The van der Waals surface area contributed by atoms with Crippen LogP contribution in [0.25, 0.3) is 93.4 Å². The number of allylic oxidation sites excluding steroid dienone is 2. The zero-order valence-corrected chi connectivity index (χ0v) is 33.5. The van der Waals surface area contributed by atoms with Crippen molar-refractivity contribution in [3.63, 3.8) is 0 Å². The SMILES string of the molecule is CC12C=CC=CC1c1cc3c4ccccc4n(-c4ccc5c6ccccc6c6cc(-c7nc(-c8ccccc8)c8ccccc8n7)ccc6c5c4)c3cc1N2c1ccccc1. The van der Waals surface area contributed by atoms with E-state index in [1.165, 1.54) is 71.1 Å². The number of rotatable bonds is 4. The molecule has 0 bridgehead atoms. The average Bonchev–Trinajstić information content (AvgIpc) is 3.78. The molecule has 2 unspecified atom stereocenters. The van der Waals surface area contributed by atoms with E-state index in [1.807, 2.05) is 6.07 Å². The largest absolute Gasteiger partial charge is 0.331 e.